The summed E-state index contributed by atoms with van der Waals surface area (Å²) < 4.78 is 0. The highest BCUT2D eigenvalue weighted by atomic mass is 16.2. The number of nitrogens with one attached hydrogen (secondary N) is 2. The van der Waals surface area contributed by atoms with Crippen LogP contribution in [0.2, 0.25) is 0 Å². The van der Waals surface area contributed by atoms with E-state index in [0.717, 1.165) is 19.4 Å². The minimum absolute atomic E-state index is 0.0830. The topological polar surface area (TPSA) is 41.1 Å². The van der Waals surface area contributed by atoms with Crippen LogP contribution in [0.1, 0.15) is 40.5 Å². The number of hydrogen-bond donors (Lipinski definition) is 2. The lowest BCUT2D eigenvalue weighted by Crippen LogP contribution is -2.55. The van der Waals surface area contributed by atoms with E-state index in [1.807, 2.05) is 6.92 Å². The van der Waals surface area contributed by atoms with E-state index in [2.05, 4.69) is 31.4 Å². The van der Waals surface area contributed by atoms with Crippen LogP contribution >= 0.6 is 0 Å². The first-order valence-corrected chi connectivity index (χ1v) is 5.43. The van der Waals surface area contributed by atoms with Gasteiger partial charge >= 0.3 is 0 Å². The van der Waals surface area contributed by atoms with Crippen LogP contribution < -0.4 is 10.6 Å². The third kappa shape index (κ3) is 4.09. The Hall–Kier alpha value is -0.570. The van der Waals surface area contributed by atoms with Gasteiger partial charge in [-0.1, -0.05) is 20.8 Å². The molecule has 0 aromatic heterocycles. The van der Waals surface area contributed by atoms with Crippen LogP contribution in [0, 0.1) is 5.92 Å². The highest BCUT2D eigenvalue weighted by Gasteiger charge is 2.31. The van der Waals surface area contributed by atoms with E-state index in [1.54, 1.807) is 7.05 Å². The van der Waals surface area contributed by atoms with Crippen LogP contribution in [0.25, 0.3) is 0 Å². The maximum absolute atomic E-state index is 11.7. The normalized spacial score (nSPS) is 15.3. The third-order valence-electron chi connectivity index (χ3n) is 2.31. The number of likely N-dealkylation sites (N-methyl/N-ethyl adjacent to an activating group) is 1. The predicted molar refractivity (Wildman–Crippen MR) is 60.2 cm³/mol. The molecule has 0 aliphatic heterocycles. The fourth-order valence-corrected chi connectivity index (χ4v) is 1.74. The first kappa shape index (κ1) is 13.4. The molecule has 1 atom stereocenters. The van der Waals surface area contributed by atoms with Gasteiger partial charge < -0.3 is 10.6 Å². The van der Waals surface area contributed by atoms with Gasteiger partial charge in [0.2, 0.25) is 5.91 Å². The Morgan fingerprint density at radius 1 is 1.43 bits per heavy atom. The van der Waals surface area contributed by atoms with Crippen molar-refractivity contribution in [3.05, 3.63) is 0 Å². The molecule has 0 aliphatic rings. The van der Waals surface area contributed by atoms with Crippen molar-refractivity contribution in [3.8, 4) is 0 Å². The molecule has 1 amide bonds. The van der Waals surface area contributed by atoms with Gasteiger partial charge in [-0.3, -0.25) is 4.79 Å². The van der Waals surface area contributed by atoms with Crippen LogP contribution in [0.3, 0.4) is 0 Å². The van der Waals surface area contributed by atoms with Gasteiger partial charge in [0.15, 0.2) is 0 Å². The maximum Gasteiger partial charge on any atom is 0.239 e. The molecule has 0 saturated carbocycles. The molecule has 0 rings (SSSR count). The molecule has 84 valence electrons. The number of carbonyl (C=O) groups is 1. The van der Waals surface area contributed by atoms with E-state index < -0.39 is 5.54 Å². The molecular formula is C11H24N2O. The summed E-state index contributed by atoms with van der Waals surface area (Å²) in [6.45, 7) is 9.23. The van der Waals surface area contributed by atoms with Crippen molar-refractivity contribution < 1.29 is 4.79 Å². The van der Waals surface area contributed by atoms with Crippen LogP contribution in [-0.2, 0) is 4.79 Å². The molecule has 3 heteroatoms. The maximum atomic E-state index is 11.7. The van der Waals surface area contributed by atoms with Gasteiger partial charge in [0, 0.05) is 7.05 Å². The van der Waals surface area contributed by atoms with Gasteiger partial charge in [0.25, 0.3) is 0 Å². The molecule has 0 aliphatic carbocycles. The second kappa shape index (κ2) is 6.02. The zero-order valence-corrected chi connectivity index (χ0v) is 10.1. The highest BCUT2D eigenvalue weighted by molar-refractivity contribution is 5.85. The minimum atomic E-state index is -0.418. The zero-order valence-electron chi connectivity index (χ0n) is 10.1. The van der Waals surface area contributed by atoms with E-state index in [9.17, 15) is 4.79 Å². The molecule has 0 saturated heterocycles. The molecule has 0 aromatic rings. The Labute approximate surface area is 87.6 Å². The average Bonchev–Trinajstić information content (AvgIpc) is 2.12. The molecule has 0 bridgehead atoms. The Morgan fingerprint density at radius 2 is 2.00 bits per heavy atom. The Morgan fingerprint density at radius 3 is 2.36 bits per heavy atom. The molecule has 2 N–H and O–H groups in total. The standard InChI is InChI=1S/C11H24N2O/c1-6-7-13-11(4,8-9(2)3)10(14)12-5/h9,13H,6-8H2,1-5H3,(H,12,14). The second-order valence-electron chi connectivity index (χ2n) is 4.44. The van der Waals surface area contributed by atoms with E-state index in [-0.39, 0.29) is 5.91 Å². The number of amides is 1. The SMILES string of the molecule is CCCNC(C)(CC(C)C)C(=O)NC. The number of rotatable bonds is 6. The largest absolute Gasteiger partial charge is 0.358 e. The molecule has 0 fully saturated rings. The molecule has 1 unspecified atom stereocenters. The number of carbonyl (C=O) groups excluding carboxylic acids is 1. The third-order valence-corrected chi connectivity index (χ3v) is 2.31. The van der Waals surface area contributed by atoms with Gasteiger partial charge in [-0.25, -0.2) is 0 Å². The molecule has 0 heterocycles. The summed E-state index contributed by atoms with van der Waals surface area (Å²) in [5, 5.41) is 6.03. The highest BCUT2D eigenvalue weighted by Crippen LogP contribution is 2.16. The second-order valence-corrected chi connectivity index (χ2v) is 4.44. The summed E-state index contributed by atoms with van der Waals surface area (Å²) in [4.78, 5) is 11.7. The lowest BCUT2D eigenvalue weighted by molar-refractivity contribution is -0.127. The van der Waals surface area contributed by atoms with Crippen molar-refractivity contribution in [2.75, 3.05) is 13.6 Å². The molecule has 3 nitrogen and oxygen atoms in total. The van der Waals surface area contributed by atoms with E-state index >= 15 is 0 Å². The smallest absolute Gasteiger partial charge is 0.239 e. The van der Waals surface area contributed by atoms with Crippen LogP contribution in [0.5, 0.6) is 0 Å². The van der Waals surface area contributed by atoms with E-state index in [1.165, 1.54) is 0 Å². The fourth-order valence-electron chi connectivity index (χ4n) is 1.74. The van der Waals surface area contributed by atoms with Gasteiger partial charge in [0.1, 0.15) is 0 Å². The summed E-state index contributed by atoms with van der Waals surface area (Å²) in [6, 6.07) is 0. The van der Waals surface area contributed by atoms with E-state index in [4.69, 9.17) is 0 Å². The summed E-state index contributed by atoms with van der Waals surface area (Å²) in [6.07, 6.45) is 1.91. The zero-order chi connectivity index (χ0) is 11.2. The summed E-state index contributed by atoms with van der Waals surface area (Å²) in [7, 11) is 1.69. The average molecular weight is 200 g/mol. The number of hydrogen-bond acceptors (Lipinski definition) is 2. The van der Waals surface area contributed by atoms with Crippen molar-refractivity contribution in [1.82, 2.24) is 10.6 Å². The van der Waals surface area contributed by atoms with Crippen molar-refractivity contribution >= 4 is 5.91 Å². The Kier molecular flexibility index (Phi) is 5.77. The Balaban J connectivity index is 4.40. The van der Waals surface area contributed by atoms with Crippen molar-refractivity contribution in [2.24, 2.45) is 5.92 Å². The molecule has 0 aromatic carbocycles. The van der Waals surface area contributed by atoms with Crippen molar-refractivity contribution in [1.29, 1.82) is 0 Å². The molecule has 14 heavy (non-hydrogen) atoms. The van der Waals surface area contributed by atoms with Crippen LogP contribution in [0.4, 0.5) is 0 Å². The van der Waals surface area contributed by atoms with Gasteiger partial charge in [-0.2, -0.15) is 0 Å². The first-order valence-electron chi connectivity index (χ1n) is 5.43. The molecular weight excluding hydrogens is 176 g/mol. The van der Waals surface area contributed by atoms with Gasteiger partial charge in [-0.05, 0) is 32.2 Å². The van der Waals surface area contributed by atoms with Crippen LogP contribution in [0.15, 0.2) is 0 Å². The minimum Gasteiger partial charge on any atom is -0.358 e. The summed E-state index contributed by atoms with van der Waals surface area (Å²) >= 11 is 0. The lowest BCUT2D eigenvalue weighted by Gasteiger charge is -2.30. The van der Waals surface area contributed by atoms with Crippen molar-refractivity contribution in [3.63, 3.8) is 0 Å². The predicted octanol–water partition coefficient (Wildman–Crippen LogP) is 1.54. The Bertz CT molecular complexity index is 180. The fraction of sp³-hybridized carbons (Fsp3) is 0.909. The quantitative estimate of drug-likeness (QED) is 0.683. The van der Waals surface area contributed by atoms with Gasteiger partial charge in [-0.15, -0.1) is 0 Å². The first-order chi connectivity index (χ1) is 6.46. The summed E-state index contributed by atoms with van der Waals surface area (Å²) in [5.74, 6) is 0.598. The molecule has 0 spiro atoms. The van der Waals surface area contributed by atoms with E-state index in [0.29, 0.717) is 5.92 Å². The molecule has 0 radical (unpaired) electrons. The van der Waals surface area contributed by atoms with Gasteiger partial charge in [0.05, 0.1) is 5.54 Å². The lowest BCUT2D eigenvalue weighted by atomic mass is 9.89. The van der Waals surface area contributed by atoms with Crippen molar-refractivity contribution in [2.45, 2.75) is 46.1 Å². The monoisotopic (exact) mass is 200 g/mol. The van der Waals surface area contributed by atoms with Crippen LogP contribution in [-0.4, -0.2) is 25.0 Å². The summed E-state index contributed by atoms with van der Waals surface area (Å²) in [5.41, 5.74) is -0.418.